The summed E-state index contributed by atoms with van der Waals surface area (Å²) in [7, 11) is 3.34. The largest absolute Gasteiger partial charge is 0.497 e. The number of hydrogen-bond acceptors (Lipinski definition) is 5. The Hall–Kier alpha value is -2.30. The highest BCUT2D eigenvalue weighted by Gasteiger charge is 2.24. The fourth-order valence-corrected chi connectivity index (χ4v) is 3.51. The van der Waals surface area contributed by atoms with E-state index in [0.717, 1.165) is 53.4 Å². The van der Waals surface area contributed by atoms with Crippen LogP contribution in [-0.4, -0.2) is 37.3 Å². The zero-order valence-corrected chi connectivity index (χ0v) is 15.8. The third-order valence-electron chi connectivity index (χ3n) is 4.99. The molecule has 27 heavy (non-hydrogen) atoms. The van der Waals surface area contributed by atoms with E-state index < -0.39 is 0 Å². The van der Waals surface area contributed by atoms with E-state index in [-0.39, 0.29) is 0 Å². The van der Waals surface area contributed by atoms with Crippen LogP contribution in [0, 0.1) is 31.6 Å². The van der Waals surface area contributed by atoms with E-state index in [1.54, 1.807) is 14.2 Å². The molecule has 5 radical (unpaired) electrons. The van der Waals surface area contributed by atoms with Crippen LogP contribution in [0.5, 0.6) is 11.5 Å². The van der Waals surface area contributed by atoms with E-state index in [1.165, 1.54) is 19.3 Å². The summed E-state index contributed by atoms with van der Waals surface area (Å²) in [6.45, 7) is 2.00. The molecule has 0 unspecified atom stereocenters. The average molecular weight is 362 g/mol. The molecule has 2 aromatic rings. The van der Waals surface area contributed by atoms with Crippen molar-refractivity contribution >= 4 is 5.95 Å². The Morgan fingerprint density at radius 2 is 1.59 bits per heavy atom. The van der Waals surface area contributed by atoms with Crippen molar-refractivity contribution in [3.8, 4) is 22.8 Å². The minimum atomic E-state index is 0.771. The Balaban J connectivity index is 1.80. The zero-order valence-electron chi connectivity index (χ0n) is 15.8. The predicted molar refractivity (Wildman–Crippen MR) is 106 cm³/mol. The quantitative estimate of drug-likeness (QED) is 0.807. The summed E-state index contributed by atoms with van der Waals surface area (Å²) in [5.41, 5.74) is 2.68. The van der Waals surface area contributed by atoms with Crippen molar-refractivity contribution in [1.82, 2.24) is 9.97 Å². The van der Waals surface area contributed by atoms with E-state index in [1.807, 2.05) is 37.1 Å². The number of aromatic nitrogens is 2. The predicted octanol–water partition coefficient (Wildman–Crippen LogP) is 3.90. The third kappa shape index (κ3) is 3.87. The molecule has 1 aromatic heterocycles. The van der Waals surface area contributed by atoms with Crippen LogP contribution in [0.4, 0.5) is 5.95 Å². The maximum atomic E-state index is 5.59. The summed E-state index contributed by atoms with van der Waals surface area (Å²) < 4.78 is 11.0. The van der Waals surface area contributed by atoms with E-state index >= 15 is 0 Å². The number of rotatable bonds is 5. The standard InChI is InChI=1S/C22H24N3O2/c1-26-17-10-11-21(27-2)18(14-17)20-15-19(16-8-4-5-9-16)23-22(24-20)25-12-6-3-7-13-25/h4-5,8-11,14-15H,3,6-7,12-13H2,1-2H3. The van der Waals surface area contributed by atoms with Crippen molar-refractivity contribution in [2.75, 3.05) is 32.2 Å². The van der Waals surface area contributed by atoms with Gasteiger partial charge in [0, 0.05) is 24.6 Å². The molecule has 139 valence electrons. The van der Waals surface area contributed by atoms with Crippen molar-refractivity contribution in [3.63, 3.8) is 0 Å². The van der Waals surface area contributed by atoms with Gasteiger partial charge in [0.05, 0.1) is 25.6 Å². The Morgan fingerprint density at radius 1 is 0.852 bits per heavy atom. The first-order valence-electron chi connectivity index (χ1n) is 9.37. The Labute approximate surface area is 161 Å². The summed E-state index contributed by atoms with van der Waals surface area (Å²) in [6, 6.07) is 7.81. The van der Waals surface area contributed by atoms with Crippen LogP contribution in [0.25, 0.3) is 11.3 Å². The van der Waals surface area contributed by atoms with E-state index in [4.69, 9.17) is 19.4 Å². The van der Waals surface area contributed by atoms with Gasteiger partial charge in [0.15, 0.2) is 0 Å². The minimum absolute atomic E-state index is 0.771. The molecule has 5 heteroatoms. The summed E-state index contributed by atoms with van der Waals surface area (Å²) >= 11 is 0. The van der Waals surface area contributed by atoms with Crippen LogP contribution in [0.1, 0.15) is 25.0 Å². The summed E-state index contributed by atoms with van der Waals surface area (Å²) in [5, 5.41) is 0. The molecular formula is C22H24N3O2. The van der Waals surface area contributed by atoms with Crippen molar-refractivity contribution in [2.45, 2.75) is 19.3 Å². The summed E-state index contributed by atoms with van der Waals surface area (Å²) in [5.74, 6) is 3.43. The molecule has 4 rings (SSSR count). The topological polar surface area (TPSA) is 47.5 Å². The molecule has 0 amide bonds. The number of benzene rings is 1. The second-order valence-electron chi connectivity index (χ2n) is 6.73. The molecule has 2 fully saturated rings. The molecule has 1 aliphatic heterocycles. The smallest absolute Gasteiger partial charge is 0.226 e. The van der Waals surface area contributed by atoms with Crippen molar-refractivity contribution in [2.24, 2.45) is 0 Å². The number of hydrogen-bond donors (Lipinski definition) is 0. The number of ether oxygens (including phenoxy) is 2. The van der Waals surface area contributed by atoms with Gasteiger partial charge in [-0.05, 0) is 69.2 Å². The molecule has 0 atom stereocenters. The lowest BCUT2D eigenvalue weighted by Crippen LogP contribution is -2.31. The Morgan fingerprint density at radius 3 is 2.30 bits per heavy atom. The van der Waals surface area contributed by atoms with Gasteiger partial charge in [-0.2, -0.15) is 0 Å². The van der Waals surface area contributed by atoms with Gasteiger partial charge in [-0.25, -0.2) is 9.97 Å². The molecule has 1 aromatic carbocycles. The van der Waals surface area contributed by atoms with Crippen molar-refractivity contribution in [1.29, 1.82) is 0 Å². The minimum Gasteiger partial charge on any atom is -0.497 e. The van der Waals surface area contributed by atoms with Gasteiger partial charge in [-0.3, -0.25) is 0 Å². The lowest BCUT2D eigenvalue weighted by atomic mass is 10.0. The highest BCUT2D eigenvalue weighted by Crippen LogP contribution is 2.36. The number of nitrogens with zero attached hydrogens (tertiary/aromatic N) is 3. The van der Waals surface area contributed by atoms with Crippen LogP contribution in [0.15, 0.2) is 24.3 Å². The molecular weight excluding hydrogens is 338 g/mol. The molecule has 5 nitrogen and oxygen atoms in total. The Kier molecular flexibility index (Phi) is 5.46. The van der Waals surface area contributed by atoms with Crippen LogP contribution in [-0.2, 0) is 0 Å². The number of methoxy groups -OCH3 is 2. The monoisotopic (exact) mass is 362 g/mol. The summed E-state index contributed by atoms with van der Waals surface area (Å²) in [4.78, 5) is 12.1. The van der Waals surface area contributed by atoms with Gasteiger partial charge < -0.3 is 14.4 Å². The maximum Gasteiger partial charge on any atom is 0.226 e. The van der Waals surface area contributed by atoms with Crippen molar-refractivity contribution < 1.29 is 9.47 Å². The normalized spacial score (nSPS) is 17.9. The molecule has 2 heterocycles. The lowest BCUT2D eigenvalue weighted by molar-refractivity contribution is 0.404. The number of piperidine rings is 1. The molecule has 1 saturated heterocycles. The van der Waals surface area contributed by atoms with Gasteiger partial charge in [0.25, 0.3) is 0 Å². The average Bonchev–Trinajstić information content (AvgIpc) is 3.28. The van der Waals surface area contributed by atoms with Crippen LogP contribution >= 0.6 is 0 Å². The molecule has 2 aliphatic rings. The van der Waals surface area contributed by atoms with E-state index in [9.17, 15) is 0 Å². The first kappa shape index (κ1) is 18.1. The lowest BCUT2D eigenvalue weighted by Gasteiger charge is -2.27. The second-order valence-corrected chi connectivity index (χ2v) is 6.73. The van der Waals surface area contributed by atoms with E-state index in [2.05, 4.69) is 17.7 Å². The highest BCUT2D eigenvalue weighted by molar-refractivity contribution is 5.71. The van der Waals surface area contributed by atoms with Gasteiger partial charge >= 0.3 is 0 Å². The van der Waals surface area contributed by atoms with Crippen LogP contribution in [0.2, 0.25) is 0 Å². The van der Waals surface area contributed by atoms with E-state index in [0.29, 0.717) is 0 Å². The fraction of sp³-hybridized carbons (Fsp3) is 0.318. The fourth-order valence-electron chi connectivity index (χ4n) is 3.51. The third-order valence-corrected chi connectivity index (χ3v) is 4.99. The summed E-state index contributed by atoms with van der Waals surface area (Å²) in [6.07, 6.45) is 11.9. The highest BCUT2D eigenvalue weighted by atomic mass is 16.5. The molecule has 0 N–H and O–H groups in total. The second kappa shape index (κ2) is 8.15. The van der Waals surface area contributed by atoms with Crippen LogP contribution in [0.3, 0.4) is 0 Å². The molecule has 1 aliphatic carbocycles. The van der Waals surface area contributed by atoms with Crippen LogP contribution < -0.4 is 14.4 Å². The molecule has 0 bridgehead atoms. The molecule has 0 spiro atoms. The van der Waals surface area contributed by atoms with Gasteiger partial charge in [0.2, 0.25) is 5.95 Å². The maximum absolute atomic E-state index is 5.59. The molecule has 1 saturated carbocycles. The van der Waals surface area contributed by atoms with Gasteiger partial charge in [0.1, 0.15) is 11.5 Å². The first-order chi connectivity index (χ1) is 13.3. The first-order valence-corrected chi connectivity index (χ1v) is 9.37. The number of anilines is 1. The van der Waals surface area contributed by atoms with Gasteiger partial charge in [-0.15, -0.1) is 0 Å². The SMILES string of the molecule is COc1ccc(OC)c(-c2cc([C]3[CH][CH][CH][CH]3)nc(N3CCCCC3)n2)c1. The zero-order chi connectivity index (χ0) is 18.6. The Bertz CT molecular complexity index is 781. The van der Waals surface area contributed by atoms with Crippen molar-refractivity contribution in [3.05, 3.63) is 61.6 Å². The van der Waals surface area contributed by atoms with Gasteiger partial charge in [-0.1, -0.05) is 0 Å².